The van der Waals surface area contributed by atoms with Crippen molar-refractivity contribution < 1.29 is 4.79 Å². The molecule has 1 unspecified atom stereocenters. The highest BCUT2D eigenvalue weighted by Crippen LogP contribution is 2.30. The molecule has 2 rings (SSSR count). The van der Waals surface area contributed by atoms with E-state index in [9.17, 15) is 4.79 Å². The summed E-state index contributed by atoms with van der Waals surface area (Å²) in [6.45, 7) is 8.39. The summed E-state index contributed by atoms with van der Waals surface area (Å²) in [6, 6.07) is 7.98. The van der Waals surface area contributed by atoms with Crippen LogP contribution in [0.15, 0.2) is 24.3 Å². The van der Waals surface area contributed by atoms with Crippen molar-refractivity contribution >= 4 is 21.8 Å². The topological polar surface area (TPSA) is 20.3 Å². The van der Waals surface area contributed by atoms with Gasteiger partial charge in [-0.15, -0.1) is 0 Å². The molecule has 1 aliphatic heterocycles. The van der Waals surface area contributed by atoms with Crippen LogP contribution in [0.3, 0.4) is 0 Å². The van der Waals surface area contributed by atoms with Crippen LogP contribution in [-0.4, -0.2) is 29.2 Å². The van der Waals surface area contributed by atoms with Gasteiger partial charge in [-0.25, -0.2) is 0 Å². The van der Waals surface area contributed by atoms with Crippen LogP contribution in [0.2, 0.25) is 0 Å². The van der Waals surface area contributed by atoms with Gasteiger partial charge in [0.2, 0.25) is 0 Å². The predicted octanol–water partition coefficient (Wildman–Crippen LogP) is 3.74. The van der Waals surface area contributed by atoms with Crippen molar-refractivity contribution in [2.75, 3.05) is 18.4 Å². The molecule has 1 aromatic carbocycles. The molecule has 0 aromatic heterocycles. The van der Waals surface area contributed by atoms with Gasteiger partial charge < -0.3 is 4.90 Å². The second kappa shape index (κ2) is 5.66. The average Bonchev–Trinajstić information content (AvgIpc) is 2.37. The zero-order valence-corrected chi connectivity index (χ0v) is 13.5. The Hall–Kier alpha value is -0.830. The van der Waals surface area contributed by atoms with E-state index in [1.54, 1.807) is 0 Å². The summed E-state index contributed by atoms with van der Waals surface area (Å²) >= 11 is 3.59. The minimum Gasteiger partial charge on any atom is -0.338 e. The maximum Gasteiger partial charge on any atom is 0.254 e. The fraction of sp³-hybridized carbons (Fsp3) is 0.562. The molecule has 0 bridgehead atoms. The van der Waals surface area contributed by atoms with Gasteiger partial charge in [0.05, 0.1) is 0 Å². The van der Waals surface area contributed by atoms with Crippen LogP contribution in [-0.2, 0) is 6.42 Å². The van der Waals surface area contributed by atoms with E-state index in [0.717, 1.165) is 30.4 Å². The molecule has 0 spiro atoms. The lowest BCUT2D eigenvalue weighted by Crippen LogP contribution is -2.43. The number of fused-ring (bicyclic) bond motifs is 1. The Morgan fingerprint density at radius 2 is 2.00 bits per heavy atom. The van der Waals surface area contributed by atoms with Crippen molar-refractivity contribution in [1.29, 1.82) is 0 Å². The number of carbonyl (C=O) groups excluding carboxylic acids is 1. The number of benzene rings is 1. The number of nitrogens with zero attached hydrogens (tertiary/aromatic N) is 1. The summed E-state index contributed by atoms with van der Waals surface area (Å²) in [6.07, 6.45) is 0.973. The van der Waals surface area contributed by atoms with E-state index in [1.807, 2.05) is 23.1 Å². The maximum absolute atomic E-state index is 12.5. The van der Waals surface area contributed by atoms with Crippen molar-refractivity contribution in [3.63, 3.8) is 0 Å². The molecule has 0 fully saturated rings. The molecular weight excluding hydrogens is 302 g/mol. The van der Waals surface area contributed by atoms with Gasteiger partial charge in [-0.05, 0) is 29.4 Å². The van der Waals surface area contributed by atoms with Gasteiger partial charge in [-0.2, -0.15) is 0 Å². The fourth-order valence-electron chi connectivity index (χ4n) is 2.47. The highest BCUT2D eigenvalue weighted by atomic mass is 79.9. The molecule has 0 N–H and O–H groups in total. The SMILES string of the molecule is CC(C)(C)C(CBr)CN1CCc2ccccc2C1=O. The summed E-state index contributed by atoms with van der Waals surface area (Å²) in [7, 11) is 0. The number of hydrogen-bond donors (Lipinski definition) is 0. The van der Waals surface area contributed by atoms with Crippen LogP contribution >= 0.6 is 15.9 Å². The highest BCUT2D eigenvalue weighted by molar-refractivity contribution is 9.09. The Kier molecular flexibility index (Phi) is 4.34. The average molecular weight is 324 g/mol. The summed E-state index contributed by atoms with van der Waals surface area (Å²) < 4.78 is 0. The van der Waals surface area contributed by atoms with Gasteiger partial charge in [0.25, 0.3) is 5.91 Å². The molecule has 1 aromatic rings. The maximum atomic E-state index is 12.5. The molecule has 0 radical (unpaired) electrons. The van der Waals surface area contributed by atoms with Crippen LogP contribution in [0.1, 0.15) is 36.7 Å². The van der Waals surface area contributed by atoms with Crippen LogP contribution in [0.4, 0.5) is 0 Å². The number of alkyl halides is 1. The monoisotopic (exact) mass is 323 g/mol. The smallest absolute Gasteiger partial charge is 0.254 e. The van der Waals surface area contributed by atoms with E-state index in [1.165, 1.54) is 5.56 Å². The van der Waals surface area contributed by atoms with Gasteiger partial charge in [0.1, 0.15) is 0 Å². The standard InChI is InChI=1S/C16H22BrNO/c1-16(2,3)13(10-17)11-18-9-8-12-6-4-5-7-14(12)15(18)19/h4-7,13H,8-11H2,1-3H3. The molecule has 1 aliphatic rings. The van der Waals surface area contributed by atoms with Crippen molar-refractivity contribution in [2.24, 2.45) is 11.3 Å². The molecule has 3 heteroatoms. The summed E-state index contributed by atoms with van der Waals surface area (Å²) in [5.74, 6) is 0.666. The number of amides is 1. The predicted molar refractivity (Wildman–Crippen MR) is 82.8 cm³/mol. The van der Waals surface area contributed by atoms with E-state index >= 15 is 0 Å². The molecular formula is C16H22BrNO. The summed E-state index contributed by atoms with van der Waals surface area (Å²) in [5, 5.41) is 0.932. The molecule has 104 valence electrons. The molecule has 19 heavy (non-hydrogen) atoms. The van der Waals surface area contributed by atoms with E-state index in [-0.39, 0.29) is 11.3 Å². The Labute approximate surface area is 124 Å². The van der Waals surface area contributed by atoms with E-state index in [0.29, 0.717) is 5.92 Å². The first-order chi connectivity index (χ1) is 8.93. The first kappa shape index (κ1) is 14.6. The number of hydrogen-bond acceptors (Lipinski definition) is 1. The molecule has 0 saturated heterocycles. The third-order valence-corrected chi connectivity index (χ3v) is 4.82. The van der Waals surface area contributed by atoms with Crippen LogP contribution in [0, 0.1) is 11.3 Å². The van der Waals surface area contributed by atoms with E-state index in [4.69, 9.17) is 0 Å². The number of carbonyl (C=O) groups is 1. The highest BCUT2D eigenvalue weighted by Gasteiger charge is 2.30. The van der Waals surface area contributed by atoms with Crippen LogP contribution in [0.25, 0.3) is 0 Å². The van der Waals surface area contributed by atoms with Crippen molar-refractivity contribution in [3.8, 4) is 0 Å². The third kappa shape index (κ3) is 3.19. The Morgan fingerprint density at radius 1 is 1.32 bits per heavy atom. The first-order valence-electron chi connectivity index (χ1n) is 6.86. The molecule has 1 atom stereocenters. The van der Waals surface area contributed by atoms with Gasteiger partial charge in [-0.1, -0.05) is 54.9 Å². The van der Waals surface area contributed by atoms with Gasteiger partial charge in [-0.3, -0.25) is 4.79 Å². The van der Waals surface area contributed by atoms with Gasteiger partial charge >= 0.3 is 0 Å². The number of rotatable bonds is 3. The zero-order chi connectivity index (χ0) is 14.0. The zero-order valence-electron chi connectivity index (χ0n) is 11.9. The lowest BCUT2D eigenvalue weighted by atomic mass is 9.81. The molecule has 2 nitrogen and oxygen atoms in total. The van der Waals surface area contributed by atoms with Gasteiger partial charge in [0.15, 0.2) is 0 Å². The Bertz CT molecular complexity index is 464. The number of halogens is 1. The molecule has 0 aliphatic carbocycles. The molecule has 1 amide bonds. The second-order valence-electron chi connectivity index (χ2n) is 6.38. The lowest BCUT2D eigenvalue weighted by Gasteiger charge is -2.36. The second-order valence-corrected chi connectivity index (χ2v) is 7.02. The third-order valence-electron chi connectivity index (χ3n) is 4.04. The quantitative estimate of drug-likeness (QED) is 0.776. The van der Waals surface area contributed by atoms with Crippen LogP contribution < -0.4 is 0 Å². The van der Waals surface area contributed by atoms with Crippen molar-refractivity contribution in [1.82, 2.24) is 4.90 Å². The molecule has 1 heterocycles. The lowest BCUT2D eigenvalue weighted by molar-refractivity contribution is 0.0674. The Morgan fingerprint density at radius 3 is 2.63 bits per heavy atom. The van der Waals surface area contributed by atoms with E-state index < -0.39 is 0 Å². The fourth-order valence-corrected chi connectivity index (χ4v) is 3.64. The minimum absolute atomic E-state index is 0.192. The normalized spacial score (nSPS) is 17.3. The summed E-state index contributed by atoms with van der Waals surface area (Å²) in [5.41, 5.74) is 2.28. The Balaban J connectivity index is 2.14. The minimum atomic E-state index is 0.192. The molecule has 0 saturated carbocycles. The van der Waals surface area contributed by atoms with E-state index in [2.05, 4.69) is 42.8 Å². The van der Waals surface area contributed by atoms with Crippen LogP contribution in [0.5, 0.6) is 0 Å². The van der Waals surface area contributed by atoms with Crippen molar-refractivity contribution in [2.45, 2.75) is 27.2 Å². The van der Waals surface area contributed by atoms with Gasteiger partial charge in [0, 0.05) is 24.0 Å². The van der Waals surface area contributed by atoms with Crippen molar-refractivity contribution in [3.05, 3.63) is 35.4 Å². The largest absolute Gasteiger partial charge is 0.338 e. The first-order valence-corrected chi connectivity index (χ1v) is 7.98. The summed E-state index contributed by atoms with van der Waals surface area (Å²) in [4.78, 5) is 14.5.